The van der Waals surface area contributed by atoms with Crippen molar-refractivity contribution in [3.05, 3.63) is 41.5 Å². The van der Waals surface area contributed by atoms with Crippen molar-refractivity contribution in [3.63, 3.8) is 0 Å². The van der Waals surface area contributed by atoms with Crippen molar-refractivity contribution in [2.24, 2.45) is 11.3 Å². The maximum Gasteiger partial charge on any atom is 0.412 e. The van der Waals surface area contributed by atoms with Gasteiger partial charge in [-0.05, 0) is 25.3 Å². The molecule has 1 spiro atoms. The van der Waals surface area contributed by atoms with Crippen molar-refractivity contribution in [3.8, 4) is 6.07 Å². The lowest BCUT2D eigenvalue weighted by atomic mass is 9.59. The second-order valence-corrected chi connectivity index (χ2v) is 9.70. The third-order valence-electron chi connectivity index (χ3n) is 5.56. The number of nitrogens with zero attached hydrogens (tertiary/aromatic N) is 2. The van der Waals surface area contributed by atoms with Crippen molar-refractivity contribution in [1.82, 2.24) is 9.62 Å². The fourth-order valence-corrected chi connectivity index (χ4v) is 5.26. The average molecular weight is 478 g/mol. The molecule has 1 aliphatic heterocycles. The molecule has 0 unspecified atom stereocenters. The Hall–Kier alpha value is -2.72. The first-order chi connectivity index (χ1) is 14.8. The lowest BCUT2D eigenvalue weighted by molar-refractivity contribution is -0.0934. The van der Waals surface area contributed by atoms with Gasteiger partial charge in [-0.2, -0.15) is 31.2 Å². The molecule has 0 aromatic heterocycles. The minimum absolute atomic E-state index is 0.122. The molecule has 7 nitrogen and oxygen atoms in total. The lowest BCUT2D eigenvalue weighted by Crippen LogP contribution is -2.64. The van der Waals surface area contributed by atoms with E-state index < -0.39 is 63.7 Å². The fourth-order valence-electron chi connectivity index (χ4n) is 3.79. The SMILES string of the molecule is C=C(CCNC(=O)c1cc(F)c(F)cc1NS(=O)(=O)N1CC2(CC(C#N)C2)C1)C(F)(F)F. The molecule has 1 aliphatic carbocycles. The number of nitrogens with one attached hydrogen (secondary N) is 2. The molecule has 0 bridgehead atoms. The summed E-state index contributed by atoms with van der Waals surface area (Å²) < 4.78 is 93.2. The van der Waals surface area contributed by atoms with E-state index >= 15 is 0 Å². The van der Waals surface area contributed by atoms with E-state index in [2.05, 4.69) is 18.0 Å². The number of carbonyl (C=O) groups is 1. The molecule has 1 saturated heterocycles. The number of rotatable bonds is 7. The van der Waals surface area contributed by atoms with Crippen LogP contribution in [0.1, 0.15) is 29.6 Å². The van der Waals surface area contributed by atoms with Gasteiger partial charge in [-0.3, -0.25) is 9.52 Å². The monoisotopic (exact) mass is 478 g/mol. The summed E-state index contributed by atoms with van der Waals surface area (Å²) in [5.41, 5.74) is -2.51. The first kappa shape index (κ1) is 23.9. The van der Waals surface area contributed by atoms with Gasteiger partial charge in [0.15, 0.2) is 11.6 Å². The van der Waals surface area contributed by atoms with Gasteiger partial charge >= 0.3 is 16.4 Å². The molecule has 3 rings (SSSR count). The Morgan fingerprint density at radius 1 is 1.25 bits per heavy atom. The summed E-state index contributed by atoms with van der Waals surface area (Å²) in [6.07, 6.45) is -4.15. The Morgan fingerprint density at radius 2 is 1.84 bits per heavy atom. The molecule has 2 N–H and O–H groups in total. The first-order valence-corrected chi connectivity index (χ1v) is 10.9. The van der Waals surface area contributed by atoms with Crippen molar-refractivity contribution in [2.45, 2.75) is 25.4 Å². The van der Waals surface area contributed by atoms with E-state index in [0.29, 0.717) is 25.0 Å². The number of hydrogen-bond donors (Lipinski definition) is 2. The maximum atomic E-state index is 13.7. The number of nitriles is 1. The molecule has 0 atom stereocenters. The zero-order valence-corrected chi connectivity index (χ0v) is 17.4. The Bertz CT molecular complexity index is 1080. The summed E-state index contributed by atoms with van der Waals surface area (Å²) in [6.45, 7) is 2.64. The van der Waals surface area contributed by atoms with E-state index in [9.17, 15) is 35.2 Å². The molecule has 13 heteroatoms. The van der Waals surface area contributed by atoms with Gasteiger partial charge in [0, 0.05) is 42.6 Å². The number of hydrogen-bond acceptors (Lipinski definition) is 4. The Labute approximate surface area is 181 Å². The molecule has 1 saturated carbocycles. The van der Waals surface area contributed by atoms with Crippen molar-refractivity contribution >= 4 is 21.8 Å². The van der Waals surface area contributed by atoms with Gasteiger partial charge in [-0.25, -0.2) is 8.78 Å². The molecule has 0 radical (unpaired) electrons. The minimum Gasteiger partial charge on any atom is -0.352 e. The zero-order valence-electron chi connectivity index (χ0n) is 16.6. The van der Waals surface area contributed by atoms with Crippen LogP contribution in [-0.2, 0) is 10.2 Å². The van der Waals surface area contributed by atoms with Crippen LogP contribution >= 0.6 is 0 Å². The lowest BCUT2D eigenvalue weighted by Gasteiger charge is -2.56. The van der Waals surface area contributed by atoms with Crippen LogP contribution in [-0.4, -0.2) is 44.4 Å². The summed E-state index contributed by atoms with van der Waals surface area (Å²) >= 11 is 0. The predicted molar refractivity (Wildman–Crippen MR) is 103 cm³/mol. The zero-order chi connectivity index (χ0) is 23.9. The van der Waals surface area contributed by atoms with Gasteiger partial charge in [0.25, 0.3) is 5.91 Å². The van der Waals surface area contributed by atoms with E-state index in [1.54, 1.807) is 0 Å². The predicted octanol–water partition coefficient (Wildman–Crippen LogP) is 3.10. The summed E-state index contributed by atoms with van der Waals surface area (Å²) in [6, 6.07) is 3.06. The third-order valence-corrected chi connectivity index (χ3v) is 6.98. The van der Waals surface area contributed by atoms with E-state index in [0.717, 1.165) is 4.31 Å². The summed E-state index contributed by atoms with van der Waals surface area (Å²) in [4.78, 5) is 12.3. The largest absolute Gasteiger partial charge is 0.412 e. The van der Waals surface area contributed by atoms with Crippen LogP contribution < -0.4 is 10.0 Å². The van der Waals surface area contributed by atoms with E-state index in [-0.39, 0.29) is 24.4 Å². The van der Waals surface area contributed by atoms with Crippen LogP contribution in [0.3, 0.4) is 0 Å². The maximum absolute atomic E-state index is 13.7. The van der Waals surface area contributed by atoms with Crippen LogP contribution in [0.15, 0.2) is 24.3 Å². The van der Waals surface area contributed by atoms with Crippen molar-refractivity contribution in [1.29, 1.82) is 5.26 Å². The molecular formula is C19H19F5N4O3S. The van der Waals surface area contributed by atoms with Crippen LogP contribution in [0.2, 0.25) is 0 Å². The average Bonchev–Trinajstić information content (AvgIpc) is 2.61. The number of carbonyl (C=O) groups excluding carboxylic acids is 1. The Kier molecular flexibility index (Phi) is 6.23. The number of alkyl halides is 3. The molecule has 1 aromatic carbocycles. The Balaban J connectivity index is 1.69. The van der Waals surface area contributed by atoms with E-state index in [4.69, 9.17) is 5.26 Å². The smallest absolute Gasteiger partial charge is 0.352 e. The van der Waals surface area contributed by atoms with Gasteiger partial charge < -0.3 is 5.32 Å². The van der Waals surface area contributed by atoms with Crippen LogP contribution in [0.5, 0.6) is 0 Å². The standard InChI is InChI=1S/C19H19F5N4O3S/c1-11(19(22,23)24)2-3-26-17(29)13-4-14(20)15(21)5-16(13)27-32(30,31)28-9-18(10-28)6-12(7-18)8-25/h4-5,12,27H,1-3,6-7,9-10H2,(H,26,29). The molecule has 32 heavy (non-hydrogen) atoms. The molecule has 1 amide bonds. The molecule has 1 aromatic rings. The van der Waals surface area contributed by atoms with Gasteiger partial charge in [0.2, 0.25) is 0 Å². The molecular weight excluding hydrogens is 459 g/mol. The topological polar surface area (TPSA) is 102 Å². The molecule has 2 aliphatic rings. The fraction of sp³-hybridized carbons (Fsp3) is 0.474. The quantitative estimate of drug-likeness (QED) is 0.465. The number of anilines is 1. The second-order valence-electron chi connectivity index (χ2n) is 8.03. The first-order valence-electron chi connectivity index (χ1n) is 9.46. The second kappa shape index (κ2) is 8.32. The summed E-state index contributed by atoms with van der Waals surface area (Å²) in [7, 11) is -4.22. The van der Waals surface area contributed by atoms with E-state index in [1.807, 2.05) is 4.72 Å². The van der Waals surface area contributed by atoms with E-state index in [1.165, 1.54) is 0 Å². The highest BCUT2D eigenvalue weighted by Crippen LogP contribution is 2.52. The van der Waals surface area contributed by atoms with Crippen LogP contribution in [0.4, 0.5) is 27.6 Å². The number of benzene rings is 1. The van der Waals surface area contributed by atoms with Gasteiger partial charge in [-0.1, -0.05) is 6.58 Å². The highest BCUT2D eigenvalue weighted by atomic mass is 32.2. The third kappa shape index (κ3) is 4.86. The highest BCUT2D eigenvalue weighted by Gasteiger charge is 2.55. The van der Waals surface area contributed by atoms with Crippen molar-refractivity contribution < 1.29 is 35.2 Å². The minimum atomic E-state index is -4.64. The number of halogens is 5. The Morgan fingerprint density at radius 3 is 2.41 bits per heavy atom. The molecule has 174 valence electrons. The van der Waals surface area contributed by atoms with Crippen molar-refractivity contribution in [2.75, 3.05) is 24.4 Å². The number of amides is 1. The molecule has 1 heterocycles. The molecule has 2 fully saturated rings. The normalized spacial score (nSPS) is 18.4. The van der Waals surface area contributed by atoms with Crippen LogP contribution in [0.25, 0.3) is 0 Å². The van der Waals surface area contributed by atoms with Gasteiger partial charge in [0.05, 0.1) is 17.3 Å². The van der Waals surface area contributed by atoms with Gasteiger partial charge in [0.1, 0.15) is 0 Å². The van der Waals surface area contributed by atoms with Crippen LogP contribution in [0, 0.1) is 34.3 Å². The van der Waals surface area contributed by atoms with Gasteiger partial charge in [-0.15, -0.1) is 0 Å². The highest BCUT2D eigenvalue weighted by molar-refractivity contribution is 7.90. The summed E-state index contributed by atoms with van der Waals surface area (Å²) in [5, 5.41) is 11.0. The summed E-state index contributed by atoms with van der Waals surface area (Å²) in [5.74, 6) is -4.06.